The minimum Gasteiger partial charge on any atom is -0.315 e. The van der Waals surface area contributed by atoms with Crippen LogP contribution in [0.5, 0.6) is 0 Å². The van der Waals surface area contributed by atoms with E-state index in [0.717, 1.165) is 12.1 Å². The molecule has 2 atom stereocenters. The first-order valence-corrected chi connectivity index (χ1v) is 15.1. The normalized spacial score (nSPS) is 15.9. The predicted molar refractivity (Wildman–Crippen MR) is 178 cm³/mol. The Hall–Kier alpha value is -7.14. The molecule has 0 saturated carbocycles. The van der Waals surface area contributed by atoms with E-state index in [0.29, 0.717) is 34.4 Å². The van der Waals surface area contributed by atoms with Gasteiger partial charge in [0.25, 0.3) is 5.70 Å². The van der Waals surface area contributed by atoms with Gasteiger partial charge in [-0.1, -0.05) is 60.7 Å². The number of nitriles is 2. The predicted octanol–water partition coefficient (Wildman–Crippen LogP) is 7.43. The van der Waals surface area contributed by atoms with Gasteiger partial charge in [-0.3, -0.25) is 4.85 Å². The molecule has 4 aromatic carbocycles. The van der Waals surface area contributed by atoms with Crippen molar-refractivity contribution < 1.29 is 17.6 Å². The van der Waals surface area contributed by atoms with Crippen molar-refractivity contribution in [3.05, 3.63) is 189 Å². The SMILES string of the molecule is [C-]#[N+]/C(C#N)=c1\c(-c2ccccc2)cn2c1=C(c1ccc(F)cc1F)N1C=C(c3ccccc3)C(C(C#N)[N+]#[C-])C1=C2c1ccc(F)cc1F. The standard InChI is InChI=1S/C40H20F4N6/c1-47-33(19-45)35-29(23-9-5-3-6-10-23)21-49-38(28-16-14-26(42)18-32(28)44)40-36(34(20-46)48-2)30(24-11-7-4-8-12-24)22-50(40)37(39(35)49)27-15-13-25(41)17-31(27)43/h3-18,21-22,33,35H/b36-34+. The quantitative estimate of drug-likeness (QED) is 0.146. The summed E-state index contributed by atoms with van der Waals surface area (Å²) in [6.45, 7) is 16.0. The summed E-state index contributed by atoms with van der Waals surface area (Å²) >= 11 is 0. The zero-order chi connectivity index (χ0) is 35.1. The number of rotatable bonds is 5. The molecule has 2 aliphatic heterocycles. The molecule has 0 saturated heterocycles. The van der Waals surface area contributed by atoms with Gasteiger partial charge < -0.3 is 9.47 Å². The molecule has 0 fully saturated rings. The molecule has 6 nitrogen and oxygen atoms in total. The number of benzene rings is 4. The van der Waals surface area contributed by atoms with Crippen LogP contribution < -0.4 is 10.6 Å². The Morgan fingerprint density at radius 2 is 1.32 bits per heavy atom. The molecule has 0 bridgehead atoms. The molecule has 0 aliphatic carbocycles. The summed E-state index contributed by atoms with van der Waals surface area (Å²) in [6, 6.07) is 26.2. The molecule has 0 radical (unpaired) electrons. The van der Waals surface area contributed by atoms with E-state index >= 15 is 8.78 Å². The van der Waals surface area contributed by atoms with Crippen molar-refractivity contribution in [2.75, 3.05) is 0 Å². The maximum Gasteiger partial charge on any atom is 0.319 e. The van der Waals surface area contributed by atoms with Crippen LogP contribution in [0.2, 0.25) is 0 Å². The second kappa shape index (κ2) is 12.5. The van der Waals surface area contributed by atoms with Crippen molar-refractivity contribution >= 4 is 22.7 Å². The van der Waals surface area contributed by atoms with Crippen LogP contribution in [0.3, 0.4) is 0 Å². The maximum absolute atomic E-state index is 16.1. The van der Waals surface area contributed by atoms with Gasteiger partial charge in [0, 0.05) is 40.9 Å². The lowest BCUT2D eigenvalue weighted by Gasteiger charge is -2.33. The maximum atomic E-state index is 16.1. The summed E-state index contributed by atoms with van der Waals surface area (Å²) in [5.41, 5.74) is 1.70. The Balaban J connectivity index is 1.78. The monoisotopic (exact) mass is 660 g/mol. The lowest BCUT2D eigenvalue weighted by atomic mass is 9.85. The first-order valence-electron chi connectivity index (χ1n) is 15.1. The summed E-state index contributed by atoms with van der Waals surface area (Å²) < 4.78 is 62.5. The third kappa shape index (κ3) is 4.92. The highest BCUT2D eigenvalue weighted by molar-refractivity contribution is 5.89. The van der Waals surface area contributed by atoms with Crippen LogP contribution in [-0.2, 0) is 0 Å². The van der Waals surface area contributed by atoms with Crippen LogP contribution >= 0.6 is 0 Å². The molecule has 0 amide bonds. The number of nitrogens with zero attached hydrogens (tertiary/aromatic N) is 6. The molecule has 3 heterocycles. The molecule has 5 aromatic rings. The highest BCUT2D eigenvalue weighted by atomic mass is 19.1. The molecular weight excluding hydrogens is 640 g/mol. The van der Waals surface area contributed by atoms with Crippen LogP contribution in [0.4, 0.5) is 17.6 Å². The third-order valence-corrected chi connectivity index (χ3v) is 8.72. The first kappa shape index (κ1) is 31.5. The van der Waals surface area contributed by atoms with Gasteiger partial charge in [0.2, 0.25) is 0 Å². The van der Waals surface area contributed by atoms with Crippen molar-refractivity contribution in [3.8, 4) is 23.3 Å². The highest BCUT2D eigenvalue weighted by Gasteiger charge is 2.47. The fourth-order valence-electron chi connectivity index (χ4n) is 6.67. The molecule has 1 aromatic heterocycles. The Labute approximate surface area is 283 Å². The Morgan fingerprint density at radius 1 is 0.740 bits per heavy atom. The minimum atomic E-state index is -1.37. The van der Waals surface area contributed by atoms with Crippen LogP contribution in [0.15, 0.2) is 115 Å². The summed E-state index contributed by atoms with van der Waals surface area (Å²) in [5, 5.41) is 20.8. The van der Waals surface area contributed by atoms with E-state index in [1.54, 1.807) is 73.1 Å². The van der Waals surface area contributed by atoms with Gasteiger partial charge in [-0.05, 0) is 46.5 Å². The molecule has 0 N–H and O–H groups in total. The zero-order valence-electron chi connectivity index (χ0n) is 25.7. The van der Waals surface area contributed by atoms with E-state index in [2.05, 4.69) is 15.8 Å². The topological polar surface area (TPSA) is 64.5 Å². The smallest absolute Gasteiger partial charge is 0.315 e. The summed E-state index contributed by atoms with van der Waals surface area (Å²) in [7, 11) is 0. The van der Waals surface area contributed by atoms with E-state index in [-0.39, 0.29) is 44.5 Å². The van der Waals surface area contributed by atoms with E-state index in [4.69, 9.17) is 13.1 Å². The molecule has 7 rings (SSSR count). The highest BCUT2D eigenvalue weighted by Crippen LogP contribution is 2.49. The molecule has 238 valence electrons. The van der Waals surface area contributed by atoms with Gasteiger partial charge in [0.05, 0.1) is 35.1 Å². The average Bonchev–Trinajstić information content (AvgIpc) is 3.70. The molecule has 50 heavy (non-hydrogen) atoms. The van der Waals surface area contributed by atoms with E-state index in [9.17, 15) is 19.3 Å². The Kier molecular flexibility index (Phi) is 7.85. The van der Waals surface area contributed by atoms with Crippen molar-refractivity contribution in [1.82, 2.24) is 9.47 Å². The zero-order valence-corrected chi connectivity index (χ0v) is 25.7. The molecule has 2 aliphatic rings. The van der Waals surface area contributed by atoms with E-state index in [1.165, 1.54) is 21.6 Å². The first-order chi connectivity index (χ1) is 24.3. The number of fused-ring (bicyclic) bond motifs is 2. The van der Waals surface area contributed by atoms with E-state index < -0.39 is 35.2 Å². The fraction of sp³-hybridized carbons (Fsp3) is 0.0500. The Morgan fingerprint density at radius 3 is 1.84 bits per heavy atom. The second-order valence-electron chi connectivity index (χ2n) is 11.4. The van der Waals surface area contributed by atoms with Gasteiger partial charge in [0.15, 0.2) is 6.07 Å². The lowest BCUT2D eigenvalue weighted by molar-refractivity contribution is 0.551. The molecule has 10 heteroatoms. The van der Waals surface area contributed by atoms with Crippen LogP contribution in [0.1, 0.15) is 16.7 Å². The summed E-state index contributed by atoms with van der Waals surface area (Å²) in [5.74, 6) is -4.70. The summed E-state index contributed by atoms with van der Waals surface area (Å²) in [6.07, 6.45) is 3.18. The fourth-order valence-corrected chi connectivity index (χ4v) is 6.67. The third-order valence-electron chi connectivity index (χ3n) is 8.72. The van der Waals surface area contributed by atoms with Crippen LogP contribution in [-0.4, -0.2) is 15.5 Å². The van der Waals surface area contributed by atoms with E-state index in [1.807, 2.05) is 6.07 Å². The lowest BCUT2D eigenvalue weighted by Crippen LogP contribution is -2.43. The minimum absolute atomic E-state index is 0.0509. The Bertz CT molecular complexity index is 2560. The molecular formula is C40H20F4N6. The number of halogens is 4. The number of aromatic nitrogens is 1. The van der Waals surface area contributed by atoms with Crippen molar-refractivity contribution in [2.24, 2.45) is 5.92 Å². The van der Waals surface area contributed by atoms with Gasteiger partial charge in [-0.25, -0.2) is 34.2 Å². The number of hydrogen-bond donors (Lipinski definition) is 0. The largest absolute Gasteiger partial charge is 0.319 e. The van der Waals surface area contributed by atoms with Gasteiger partial charge in [-0.2, -0.15) is 5.26 Å². The average molecular weight is 661 g/mol. The van der Waals surface area contributed by atoms with Crippen molar-refractivity contribution in [2.45, 2.75) is 6.04 Å². The van der Waals surface area contributed by atoms with Crippen LogP contribution in [0, 0.1) is 65.0 Å². The molecule has 2 unspecified atom stereocenters. The second-order valence-corrected chi connectivity index (χ2v) is 11.4. The van der Waals surface area contributed by atoms with Gasteiger partial charge in [-0.15, -0.1) is 0 Å². The van der Waals surface area contributed by atoms with Crippen LogP contribution in [0.25, 0.3) is 43.5 Å². The van der Waals surface area contributed by atoms with Gasteiger partial charge >= 0.3 is 6.04 Å². The molecule has 0 spiro atoms. The van der Waals surface area contributed by atoms with Gasteiger partial charge in [0.1, 0.15) is 29.2 Å². The summed E-state index contributed by atoms with van der Waals surface area (Å²) in [4.78, 5) is 8.67. The number of hydrogen-bond acceptors (Lipinski definition) is 3. The van der Waals surface area contributed by atoms with Crippen molar-refractivity contribution in [3.63, 3.8) is 0 Å². The van der Waals surface area contributed by atoms with Crippen molar-refractivity contribution in [1.29, 1.82) is 10.5 Å².